The van der Waals surface area contributed by atoms with E-state index in [0.717, 1.165) is 5.56 Å². The van der Waals surface area contributed by atoms with Crippen LogP contribution >= 0.6 is 11.6 Å². The van der Waals surface area contributed by atoms with Crippen molar-refractivity contribution in [2.24, 2.45) is 0 Å². The normalized spacial score (nSPS) is 11.5. The highest BCUT2D eigenvalue weighted by atomic mass is 35.5. The summed E-state index contributed by atoms with van der Waals surface area (Å²) in [6, 6.07) is 10.3. The molecule has 0 aliphatic heterocycles. The van der Waals surface area contributed by atoms with Crippen molar-refractivity contribution < 1.29 is 23.5 Å². The van der Waals surface area contributed by atoms with Crippen molar-refractivity contribution in [1.29, 1.82) is 0 Å². The maximum Gasteiger partial charge on any atom is 0.344 e. The van der Waals surface area contributed by atoms with Gasteiger partial charge in [0.1, 0.15) is 11.6 Å². The van der Waals surface area contributed by atoms with Crippen LogP contribution in [0.4, 0.5) is 10.1 Å². The van der Waals surface area contributed by atoms with Crippen molar-refractivity contribution in [2.45, 2.75) is 20.0 Å². The number of hydrogen-bond acceptors (Lipinski definition) is 4. The van der Waals surface area contributed by atoms with E-state index in [9.17, 15) is 14.0 Å². The maximum atomic E-state index is 12.8. The van der Waals surface area contributed by atoms with Gasteiger partial charge in [0.25, 0.3) is 5.91 Å². The number of carbonyl (C=O) groups is 2. The molecule has 0 saturated heterocycles. The molecule has 0 spiro atoms. The van der Waals surface area contributed by atoms with E-state index in [0.29, 0.717) is 16.5 Å². The van der Waals surface area contributed by atoms with Crippen LogP contribution in [0.1, 0.15) is 12.5 Å². The van der Waals surface area contributed by atoms with Crippen molar-refractivity contribution >= 4 is 29.2 Å². The molecule has 0 bridgehead atoms. The predicted octanol–water partition coefficient (Wildman–Crippen LogP) is 3.74. The minimum Gasteiger partial charge on any atom is -0.482 e. The lowest BCUT2D eigenvalue weighted by Gasteiger charge is -2.15. The van der Waals surface area contributed by atoms with Crippen LogP contribution in [0.2, 0.25) is 5.02 Å². The van der Waals surface area contributed by atoms with Gasteiger partial charge in [0.05, 0.1) is 0 Å². The summed E-state index contributed by atoms with van der Waals surface area (Å²) in [5.74, 6) is -1.28. The molecule has 0 saturated carbocycles. The predicted molar refractivity (Wildman–Crippen MR) is 92.3 cm³/mol. The molecular weight excluding hydrogens is 349 g/mol. The molecule has 7 heteroatoms. The molecule has 2 aromatic carbocycles. The average molecular weight is 366 g/mol. The van der Waals surface area contributed by atoms with Crippen LogP contribution in [0.5, 0.6) is 5.75 Å². The van der Waals surface area contributed by atoms with E-state index in [4.69, 9.17) is 21.1 Å². The molecule has 0 radical (unpaired) electrons. The summed E-state index contributed by atoms with van der Waals surface area (Å²) in [6.45, 7) is 2.88. The van der Waals surface area contributed by atoms with Gasteiger partial charge in [0.15, 0.2) is 12.7 Å². The van der Waals surface area contributed by atoms with Gasteiger partial charge in [-0.3, -0.25) is 4.79 Å². The van der Waals surface area contributed by atoms with E-state index < -0.39 is 23.8 Å². The van der Waals surface area contributed by atoms with Gasteiger partial charge in [-0.2, -0.15) is 0 Å². The van der Waals surface area contributed by atoms with Gasteiger partial charge < -0.3 is 14.8 Å². The molecule has 132 valence electrons. The molecule has 0 heterocycles. The molecule has 25 heavy (non-hydrogen) atoms. The number of hydrogen-bond donors (Lipinski definition) is 1. The molecule has 2 rings (SSSR count). The number of anilines is 1. The second-order valence-electron chi connectivity index (χ2n) is 5.32. The summed E-state index contributed by atoms with van der Waals surface area (Å²) in [7, 11) is 0. The Morgan fingerprint density at radius 2 is 1.88 bits per heavy atom. The van der Waals surface area contributed by atoms with Crippen LogP contribution in [-0.2, 0) is 14.3 Å². The van der Waals surface area contributed by atoms with Gasteiger partial charge in [0, 0.05) is 10.7 Å². The third kappa shape index (κ3) is 5.76. The fourth-order valence-electron chi connectivity index (χ4n) is 1.92. The van der Waals surface area contributed by atoms with Crippen molar-refractivity contribution in [1.82, 2.24) is 0 Å². The highest BCUT2D eigenvalue weighted by Crippen LogP contribution is 2.20. The molecule has 5 nitrogen and oxygen atoms in total. The highest BCUT2D eigenvalue weighted by molar-refractivity contribution is 6.31. The summed E-state index contributed by atoms with van der Waals surface area (Å²) in [5.41, 5.74) is 1.37. The van der Waals surface area contributed by atoms with E-state index in [1.54, 1.807) is 18.2 Å². The van der Waals surface area contributed by atoms with Crippen molar-refractivity contribution in [3.63, 3.8) is 0 Å². The summed E-state index contributed by atoms with van der Waals surface area (Å²) in [5, 5.41) is 3.14. The monoisotopic (exact) mass is 365 g/mol. The van der Waals surface area contributed by atoms with Gasteiger partial charge in [0.2, 0.25) is 0 Å². The Morgan fingerprint density at radius 3 is 2.56 bits per heavy atom. The number of aryl methyl sites for hydroxylation is 1. The third-order valence-electron chi connectivity index (χ3n) is 3.31. The third-order valence-corrected chi connectivity index (χ3v) is 3.54. The average Bonchev–Trinajstić information content (AvgIpc) is 2.57. The Bertz CT molecular complexity index is 764. The molecule has 0 aliphatic carbocycles. The lowest BCUT2D eigenvalue weighted by atomic mass is 10.2. The molecule has 1 amide bonds. The van der Waals surface area contributed by atoms with Gasteiger partial charge in [-0.15, -0.1) is 0 Å². The zero-order chi connectivity index (χ0) is 18.4. The van der Waals surface area contributed by atoms with Crippen LogP contribution in [0, 0.1) is 12.7 Å². The number of benzene rings is 2. The quantitative estimate of drug-likeness (QED) is 0.792. The molecule has 0 aromatic heterocycles. The highest BCUT2D eigenvalue weighted by Gasteiger charge is 2.19. The van der Waals surface area contributed by atoms with E-state index in [2.05, 4.69) is 5.32 Å². The topological polar surface area (TPSA) is 64.6 Å². The summed E-state index contributed by atoms with van der Waals surface area (Å²) >= 11 is 5.90. The van der Waals surface area contributed by atoms with Crippen molar-refractivity contribution in [2.75, 3.05) is 11.9 Å². The Labute approximate surface area is 149 Å². The number of esters is 1. The van der Waals surface area contributed by atoms with E-state index >= 15 is 0 Å². The molecule has 0 unspecified atom stereocenters. The Hall–Kier alpha value is -2.60. The lowest BCUT2D eigenvalue weighted by Crippen LogP contribution is -2.31. The molecule has 0 fully saturated rings. The molecular formula is C18H17ClFNO4. The SMILES string of the molecule is Cc1ccc(Cl)cc1NC(=O)[C@@H](C)OC(=O)COc1ccc(F)cc1. The zero-order valence-electron chi connectivity index (χ0n) is 13.7. The first kappa shape index (κ1) is 18.7. The fraction of sp³-hybridized carbons (Fsp3) is 0.222. The Balaban J connectivity index is 1.84. The van der Waals surface area contributed by atoms with Gasteiger partial charge in [-0.1, -0.05) is 17.7 Å². The number of rotatable bonds is 6. The summed E-state index contributed by atoms with van der Waals surface area (Å²) in [4.78, 5) is 23.9. The first-order chi connectivity index (χ1) is 11.8. The lowest BCUT2D eigenvalue weighted by molar-refractivity contribution is -0.155. The maximum absolute atomic E-state index is 12.8. The standard InChI is InChI=1S/C18H17ClFNO4/c1-11-3-4-13(19)9-16(11)21-18(23)12(2)25-17(22)10-24-15-7-5-14(20)6-8-15/h3-9,12H,10H2,1-2H3,(H,21,23)/t12-/m1/s1. The first-order valence-electron chi connectivity index (χ1n) is 7.50. The fourth-order valence-corrected chi connectivity index (χ4v) is 2.09. The molecule has 1 N–H and O–H groups in total. The number of carbonyl (C=O) groups excluding carboxylic acids is 2. The first-order valence-corrected chi connectivity index (χ1v) is 7.88. The van der Waals surface area contributed by atoms with Gasteiger partial charge in [-0.25, -0.2) is 9.18 Å². The zero-order valence-corrected chi connectivity index (χ0v) is 14.5. The van der Waals surface area contributed by atoms with Crippen LogP contribution in [0.15, 0.2) is 42.5 Å². The Kier molecular flexibility index (Phi) is 6.36. The van der Waals surface area contributed by atoms with Crippen molar-refractivity contribution in [3.05, 3.63) is 58.9 Å². The summed E-state index contributed by atoms with van der Waals surface area (Å²) < 4.78 is 23.0. The molecule has 1 atom stereocenters. The largest absolute Gasteiger partial charge is 0.482 e. The second-order valence-corrected chi connectivity index (χ2v) is 5.76. The van der Waals surface area contributed by atoms with Crippen LogP contribution < -0.4 is 10.1 Å². The van der Waals surface area contributed by atoms with Gasteiger partial charge in [-0.05, 0) is 55.8 Å². The second kappa shape index (κ2) is 8.48. The minimum atomic E-state index is -1.01. The molecule has 0 aliphatic rings. The Morgan fingerprint density at radius 1 is 1.20 bits per heavy atom. The van der Waals surface area contributed by atoms with Crippen LogP contribution in [0.3, 0.4) is 0 Å². The smallest absolute Gasteiger partial charge is 0.344 e. The van der Waals surface area contributed by atoms with E-state index in [-0.39, 0.29) is 6.61 Å². The van der Waals surface area contributed by atoms with Crippen LogP contribution in [-0.4, -0.2) is 24.6 Å². The van der Waals surface area contributed by atoms with Crippen LogP contribution in [0.25, 0.3) is 0 Å². The number of nitrogens with one attached hydrogen (secondary N) is 1. The van der Waals surface area contributed by atoms with Crippen molar-refractivity contribution in [3.8, 4) is 5.75 Å². The minimum absolute atomic E-state index is 0.324. The van der Waals surface area contributed by atoms with E-state index in [1.165, 1.54) is 31.2 Å². The number of halogens is 2. The number of amides is 1. The molecule has 2 aromatic rings. The summed E-state index contributed by atoms with van der Waals surface area (Å²) in [6.07, 6.45) is -1.01. The van der Waals surface area contributed by atoms with E-state index in [1.807, 2.05) is 6.92 Å². The van der Waals surface area contributed by atoms with Gasteiger partial charge >= 0.3 is 5.97 Å². The number of ether oxygens (including phenoxy) is 2.